The smallest absolute Gasteiger partial charge is 0.243 e. The van der Waals surface area contributed by atoms with Crippen LogP contribution in [0.25, 0.3) is 0 Å². The molecule has 2 atom stereocenters. The third-order valence-corrected chi connectivity index (χ3v) is 5.03. The summed E-state index contributed by atoms with van der Waals surface area (Å²) in [5.74, 6) is -0.315. The summed E-state index contributed by atoms with van der Waals surface area (Å²) in [6, 6.07) is 5.55. The van der Waals surface area contributed by atoms with Crippen molar-refractivity contribution in [1.82, 2.24) is 10.6 Å². The van der Waals surface area contributed by atoms with Crippen LogP contribution in [-0.4, -0.2) is 31.4 Å². The molecule has 1 aromatic rings. The van der Waals surface area contributed by atoms with Crippen molar-refractivity contribution < 1.29 is 14.0 Å². The molecule has 0 spiro atoms. The SMILES string of the molecule is Cl.O=C(CNC(=O)[C@@]12CCCC[C@H]1CNC2)Nc1ccc(F)cc1. The zero-order valence-corrected chi connectivity index (χ0v) is 14.3. The van der Waals surface area contributed by atoms with Gasteiger partial charge in [0.05, 0.1) is 12.0 Å². The van der Waals surface area contributed by atoms with Crippen molar-refractivity contribution in [2.45, 2.75) is 25.7 Å². The molecular weight excluding hydrogens is 333 g/mol. The van der Waals surface area contributed by atoms with Crippen LogP contribution in [0.15, 0.2) is 24.3 Å². The van der Waals surface area contributed by atoms with Crippen molar-refractivity contribution in [2.24, 2.45) is 11.3 Å². The molecule has 2 aliphatic rings. The Labute approximate surface area is 147 Å². The molecule has 1 saturated heterocycles. The molecule has 3 rings (SSSR count). The van der Waals surface area contributed by atoms with Gasteiger partial charge in [-0.3, -0.25) is 9.59 Å². The van der Waals surface area contributed by atoms with E-state index in [0.29, 0.717) is 18.2 Å². The summed E-state index contributed by atoms with van der Waals surface area (Å²) in [6.45, 7) is 1.52. The first kappa shape index (κ1) is 18.7. The first-order chi connectivity index (χ1) is 11.1. The van der Waals surface area contributed by atoms with E-state index in [-0.39, 0.29) is 42.0 Å². The number of fused-ring (bicyclic) bond motifs is 1. The zero-order valence-electron chi connectivity index (χ0n) is 13.4. The lowest BCUT2D eigenvalue weighted by Crippen LogP contribution is -2.49. The molecular formula is C17H23ClFN3O2. The molecule has 2 amide bonds. The van der Waals surface area contributed by atoms with E-state index in [9.17, 15) is 14.0 Å². The molecule has 7 heteroatoms. The molecule has 1 heterocycles. The molecule has 0 aromatic heterocycles. The molecule has 3 N–H and O–H groups in total. The Morgan fingerprint density at radius 1 is 1.25 bits per heavy atom. The van der Waals surface area contributed by atoms with E-state index >= 15 is 0 Å². The monoisotopic (exact) mass is 355 g/mol. The summed E-state index contributed by atoms with van der Waals surface area (Å²) in [4.78, 5) is 24.6. The van der Waals surface area contributed by atoms with E-state index in [1.165, 1.54) is 30.7 Å². The second kappa shape index (κ2) is 7.94. The summed E-state index contributed by atoms with van der Waals surface area (Å²) >= 11 is 0. The van der Waals surface area contributed by atoms with Gasteiger partial charge >= 0.3 is 0 Å². The molecule has 5 nitrogen and oxygen atoms in total. The van der Waals surface area contributed by atoms with Crippen LogP contribution >= 0.6 is 12.4 Å². The molecule has 1 aromatic carbocycles. The van der Waals surface area contributed by atoms with Crippen LogP contribution in [0.5, 0.6) is 0 Å². The van der Waals surface area contributed by atoms with Gasteiger partial charge in [-0.15, -0.1) is 12.4 Å². The van der Waals surface area contributed by atoms with E-state index in [4.69, 9.17) is 0 Å². The molecule has 1 aliphatic carbocycles. The van der Waals surface area contributed by atoms with Gasteiger partial charge in [-0.1, -0.05) is 12.8 Å². The van der Waals surface area contributed by atoms with Gasteiger partial charge in [0, 0.05) is 12.2 Å². The fraction of sp³-hybridized carbons (Fsp3) is 0.529. The van der Waals surface area contributed by atoms with Gasteiger partial charge in [0.15, 0.2) is 0 Å². The van der Waals surface area contributed by atoms with Crippen LogP contribution in [0.2, 0.25) is 0 Å². The minimum atomic E-state index is -0.354. The van der Waals surface area contributed by atoms with Gasteiger partial charge in [0.2, 0.25) is 11.8 Å². The number of anilines is 1. The van der Waals surface area contributed by atoms with Crippen molar-refractivity contribution in [2.75, 3.05) is 25.0 Å². The Morgan fingerprint density at radius 3 is 2.75 bits per heavy atom. The molecule has 1 saturated carbocycles. The normalized spacial score (nSPS) is 25.3. The minimum Gasteiger partial charge on any atom is -0.346 e. The molecule has 0 bridgehead atoms. The Morgan fingerprint density at radius 2 is 2.00 bits per heavy atom. The number of rotatable bonds is 4. The van der Waals surface area contributed by atoms with E-state index in [0.717, 1.165) is 25.8 Å². The Bertz CT molecular complexity index is 596. The van der Waals surface area contributed by atoms with Crippen molar-refractivity contribution in [3.8, 4) is 0 Å². The highest BCUT2D eigenvalue weighted by atomic mass is 35.5. The minimum absolute atomic E-state index is 0. The average molecular weight is 356 g/mol. The highest BCUT2D eigenvalue weighted by molar-refractivity contribution is 5.95. The number of carbonyl (C=O) groups excluding carboxylic acids is 2. The predicted octanol–water partition coefficient (Wildman–Crippen LogP) is 2.08. The number of hydrogen-bond donors (Lipinski definition) is 3. The number of halogens is 2. The Kier molecular flexibility index (Phi) is 6.18. The number of benzene rings is 1. The highest BCUT2D eigenvalue weighted by Crippen LogP contribution is 2.43. The summed E-state index contributed by atoms with van der Waals surface area (Å²) in [5.41, 5.74) is 0.163. The Balaban J connectivity index is 0.00000208. The summed E-state index contributed by atoms with van der Waals surface area (Å²) in [5, 5.41) is 8.75. The summed E-state index contributed by atoms with van der Waals surface area (Å²) < 4.78 is 12.8. The molecule has 24 heavy (non-hydrogen) atoms. The fourth-order valence-electron chi connectivity index (χ4n) is 3.77. The highest BCUT2D eigenvalue weighted by Gasteiger charge is 2.49. The lowest BCUT2D eigenvalue weighted by Gasteiger charge is -2.37. The van der Waals surface area contributed by atoms with Crippen LogP contribution in [0.4, 0.5) is 10.1 Å². The van der Waals surface area contributed by atoms with Crippen LogP contribution in [0, 0.1) is 17.2 Å². The van der Waals surface area contributed by atoms with Crippen LogP contribution in [0.1, 0.15) is 25.7 Å². The lowest BCUT2D eigenvalue weighted by atomic mass is 9.67. The standard InChI is InChI=1S/C17H22FN3O2.ClH/c18-13-4-6-14(7-5-13)21-15(22)10-20-16(23)17-8-2-1-3-12(17)9-19-11-17;/h4-7,12,19H,1-3,8-11H2,(H,20,23)(H,21,22);1H/t12-,17+;/m0./s1. The van der Waals surface area contributed by atoms with E-state index in [1.54, 1.807) is 0 Å². The zero-order chi connectivity index (χ0) is 16.3. The number of carbonyl (C=O) groups is 2. The quantitative estimate of drug-likeness (QED) is 0.774. The maximum Gasteiger partial charge on any atom is 0.243 e. The molecule has 0 unspecified atom stereocenters. The van der Waals surface area contributed by atoms with Gasteiger partial charge in [0.25, 0.3) is 0 Å². The van der Waals surface area contributed by atoms with Gasteiger partial charge < -0.3 is 16.0 Å². The first-order valence-electron chi connectivity index (χ1n) is 8.15. The first-order valence-corrected chi connectivity index (χ1v) is 8.15. The van der Waals surface area contributed by atoms with Crippen LogP contribution in [-0.2, 0) is 9.59 Å². The molecule has 0 radical (unpaired) electrons. The topological polar surface area (TPSA) is 70.2 Å². The summed E-state index contributed by atoms with van der Waals surface area (Å²) in [6.07, 6.45) is 4.19. The summed E-state index contributed by atoms with van der Waals surface area (Å²) in [7, 11) is 0. The van der Waals surface area contributed by atoms with Gasteiger partial charge in [0.1, 0.15) is 5.82 Å². The fourth-order valence-corrected chi connectivity index (χ4v) is 3.77. The third kappa shape index (κ3) is 3.87. The van der Waals surface area contributed by atoms with E-state index in [1.807, 2.05) is 0 Å². The van der Waals surface area contributed by atoms with Gasteiger partial charge in [-0.25, -0.2) is 4.39 Å². The van der Waals surface area contributed by atoms with Crippen molar-refractivity contribution >= 4 is 29.9 Å². The maximum absolute atomic E-state index is 12.8. The van der Waals surface area contributed by atoms with Crippen LogP contribution < -0.4 is 16.0 Å². The second-order valence-corrected chi connectivity index (χ2v) is 6.47. The van der Waals surface area contributed by atoms with Crippen LogP contribution in [0.3, 0.4) is 0 Å². The maximum atomic E-state index is 12.8. The predicted molar refractivity (Wildman–Crippen MR) is 92.5 cm³/mol. The lowest BCUT2D eigenvalue weighted by molar-refractivity contribution is -0.135. The van der Waals surface area contributed by atoms with Crippen molar-refractivity contribution in [1.29, 1.82) is 0 Å². The number of hydrogen-bond acceptors (Lipinski definition) is 3. The molecule has 2 fully saturated rings. The Hall–Kier alpha value is -1.66. The number of nitrogens with one attached hydrogen (secondary N) is 3. The van der Waals surface area contributed by atoms with Crippen molar-refractivity contribution in [3.05, 3.63) is 30.1 Å². The molecule has 132 valence electrons. The van der Waals surface area contributed by atoms with E-state index < -0.39 is 0 Å². The van der Waals surface area contributed by atoms with E-state index in [2.05, 4.69) is 16.0 Å². The van der Waals surface area contributed by atoms with Gasteiger partial charge in [-0.2, -0.15) is 0 Å². The molecule has 1 aliphatic heterocycles. The van der Waals surface area contributed by atoms with Crippen molar-refractivity contribution in [3.63, 3.8) is 0 Å². The second-order valence-electron chi connectivity index (χ2n) is 6.47. The average Bonchev–Trinajstić information content (AvgIpc) is 3.00. The van der Waals surface area contributed by atoms with Gasteiger partial charge in [-0.05, 0) is 49.6 Å². The largest absolute Gasteiger partial charge is 0.346 e. The number of amides is 2. The third-order valence-electron chi connectivity index (χ3n) is 5.03.